The van der Waals surface area contributed by atoms with Gasteiger partial charge in [-0.25, -0.2) is 9.69 Å². The van der Waals surface area contributed by atoms with Crippen molar-refractivity contribution in [3.8, 4) is 5.75 Å². The van der Waals surface area contributed by atoms with Crippen molar-refractivity contribution in [2.45, 2.75) is 6.92 Å². The lowest BCUT2D eigenvalue weighted by Crippen LogP contribution is -2.54. The Hall–Kier alpha value is -3.17. The summed E-state index contributed by atoms with van der Waals surface area (Å²) < 4.78 is 11.7. The molecule has 0 spiro atoms. The van der Waals surface area contributed by atoms with Gasteiger partial charge in [0.2, 0.25) is 0 Å². The molecule has 0 aliphatic carbocycles. The van der Waals surface area contributed by atoms with Crippen LogP contribution in [0.15, 0.2) is 46.4 Å². The molecule has 166 valence electrons. The van der Waals surface area contributed by atoms with Crippen LogP contribution in [-0.2, 0) is 14.3 Å². The topological polar surface area (TPSA) is 88.2 Å². The van der Waals surface area contributed by atoms with Gasteiger partial charge in [-0.05, 0) is 48.9 Å². The number of amides is 4. The Morgan fingerprint density at radius 1 is 1.09 bits per heavy atom. The van der Waals surface area contributed by atoms with Crippen LogP contribution in [0.3, 0.4) is 0 Å². The number of carbonyl (C=O) groups excluding carboxylic acids is 3. The average Bonchev–Trinajstić information content (AvgIpc) is 2.78. The molecule has 0 bridgehead atoms. The number of imide groups is 2. The van der Waals surface area contributed by atoms with Gasteiger partial charge >= 0.3 is 6.03 Å². The summed E-state index contributed by atoms with van der Waals surface area (Å²) in [5.74, 6) is -0.917. The first-order valence-corrected chi connectivity index (χ1v) is 10.9. The molecule has 0 radical (unpaired) electrons. The van der Waals surface area contributed by atoms with Crippen LogP contribution in [0.1, 0.15) is 11.1 Å². The Kier molecular flexibility index (Phi) is 6.29. The summed E-state index contributed by atoms with van der Waals surface area (Å²) in [6.45, 7) is 4.64. The fourth-order valence-electron chi connectivity index (χ4n) is 3.74. The van der Waals surface area contributed by atoms with E-state index in [9.17, 15) is 14.4 Å². The number of hydrogen-bond acceptors (Lipinski definition) is 6. The van der Waals surface area contributed by atoms with Gasteiger partial charge in [-0.15, -0.1) is 0 Å². The Labute approximate surface area is 193 Å². The van der Waals surface area contributed by atoms with E-state index in [2.05, 4.69) is 26.1 Å². The molecule has 0 saturated carbocycles. The molecule has 1 N–H and O–H groups in total. The molecule has 2 aliphatic heterocycles. The second kappa shape index (κ2) is 9.13. The minimum Gasteiger partial charge on any atom is -0.496 e. The number of urea groups is 1. The van der Waals surface area contributed by atoms with E-state index in [1.165, 1.54) is 13.2 Å². The zero-order valence-corrected chi connectivity index (χ0v) is 19.3. The second-order valence-electron chi connectivity index (χ2n) is 7.41. The fraction of sp³-hybridized carbons (Fsp3) is 0.261. The van der Waals surface area contributed by atoms with Gasteiger partial charge in [0, 0.05) is 34.9 Å². The molecule has 4 amide bonds. The minimum atomic E-state index is -0.780. The number of rotatable bonds is 4. The first-order valence-electron chi connectivity index (χ1n) is 10.1. The van der Waals surface area contributed by atoms with Crippen molar-refractivity contribution in [1.29, 1.82) is 0 Å². The lowest BCUT2D eigenvalue weighted by atomic mass is 10.0. The normalized spacial score (nSPS) is 18.2. The maximum Gasteiger partial charge on any atom is 0.335 e. The van der Waals surface area contributed by atoms with E-state index in [0.717, 1.165) is 28.1 Å². The highest BCUT2D eigenvalue weighted by Crippen LogP contribution is 2.31. The van der Waals surface area contributed by atoms with E-state index in [-0.39, 0.29) is 5.57 Å². The molecule has 2 saturated heterocycles. The van der Waals surface area contributed by atoms with Crippen LogP contribution in [0.2, 0.25) is 0 Å². The summed E-state index contributed by atoms with van der Waals surface area (Å²) >= 11 is 3.37. The minimum absolute atomic E-state index is 0.149. The number of nitrogens with zero attached hydrogens (tertiary/aromatic N) is 2. The van der Waals surface area contributed by atoms with Crippen molar-refractivity contribution < 1.29 is 23.9 Å². The molecule has 32 heavy (non-hydrogen) atoms. The van der Waals surface area contributed by atoms with Crippen molar-refractivity contribution in [1.82, 2.24) is 5.32 Å². The number of methoxy groups -OCH3 is 1. The van der Waals surface area contributed by atoms with Gasteiger partial charge in [0.1, 0.15) is 11.3 Å². The molecule has 2 fully saturated rings. The quantitative estimate of drug-likeness (QED) is 0.513. The van der Waals surface area contributed by atoms with Gasteiger partial charge < -0.3 is 14.4 Å². The number of aryl methyl sites for hydroxylation is 1. The van der Waals surface area contributed by atoms with Crippen LogP contribution in [0.5, 0.6) is 5.75 Å². The summed E-state index contributed by atoms with van der Waals surface area (Å²) in [6, 6.07) is 9.97. The number of hydrogen-bond donors (Lipinski definition) is 1. The molecule has 4 rings (SSSR count). The molecular formula is C23H22BrN3O5. The maximum atomic E-state index is 13.2. The average molecular weight is 500 g/mol. The highest BCUT2D eigenvalue weighted by atomic mass is 79.9. The Balaban J connectivity index is 1.69. The first-order chi connectivity index (χ1) is 15.4. The van der Waals surface area contributed by atoms with Crippen molar-refractivity contribution in [2.24, 2.45) is 0 Å². The predicted octanol–water partition coefficient (Wildman–Crippen LogP) is 3.27. The molecule has 2 aromatic rings. The van der Waals surface area contributed by atoms with Crippen molar-refractivity contribution >= 4 is 51.2 Å². The van der Waals surface area contributed by atoms with Crippen molar-refractivity contribution in [3.05, 3.63) is 57.6 Å². The molecule has 0 unspecified atom stereocenters. The Bertz CT molecular complexity index is 1120. The van der Waals surface area contributed by atoms with E-state index in [1.54, 1.807) is 31.2 Å². The van der Waals surface area contributed by atoms with Gasteiger partial charge in [0.15, 0.2) is 0 Å². The van der Waals surface area contributed by atoms with E-state index in [0.29, 0.717) is 35.8 Å². The van der Waals surface area contributed by atoms with Crippen molar-refractivity contribution in [2.75, 3.05) is 43.2 Å². The summed E-state index contributed by atoms with van der Waals surface area (Å²) in [5.41, 5.74) is 2.50. The van der Waals surface area contributed by atoms with Crippen LogP contribution < -0.4 is 19.9 Å². The Morgan fingerprint density at radius 2 is 1.84 bits per heavy atom. The highest BCUT2D eigenvalue weighted by molar-refractivity contribution is 9.10. The summed E-state index contributed by atoms with van der Waals surface area (Å²) in [6.07, 6.45) is 1.45. The van der Waals surface area contributed by atoms with E-state index in [1.807, 2.05) is 12.1 Å². The lowest BCUT2D eigenvalue weighted by molar-refractivity contribution is -0.122. The molecule has 2 heterocycles. The number of morpholine rings is 1. The number of barbiturate groups is 1. The van der Waals surface area contributed by atoms with Gasteiger partial charge in [-0.2, -0.15) is 0 Å². The molecule has 2 aromatic carbocycles. The SMILES string of the molecule is COc1cc(N2CCOCC2)ccc1/C=C1\C(=O)NC(=O)N(c2ccc(Br)cc2C)C1=O. The third kappa shape index (κ3) is 4.26. The number of halogens is 1. The maximum absolute atomic E-state index is 13.2. The Morgan fingerprint density at radius 3 is 2.53 bits per heavy atom. The monoisotopic (exact) mass is 499 g/mol. The number of anilines is 2. The van der Waals surface area contributed by atoms with E-state index in [4.69, 9.17) is 9.47 Å². The summed E-state index contributed by atoms with van der Waals surface area (Å²) in [7, 11) is 1.53. The van der Waals surface area contributed by atoms with Crippen LogP contribution in [0.25, 0.3) is 6.08 Å². The number of benzene rings is 2. The fourth-order valence-corrected chi connectivity index (χ4v) is 4.21. The van der Waals surface area contributed by atoms with E-state index >= 15 is 0 Å². The predicted molar refractivity (Wildman–Crippen MR) is 124 cm³/mol. The zero-order valence-electron chi connectivity index (χ0n) is 17.7. The molecular weight excluding hydrogens is 478 g/mol. The van der Waals surface area contributed by atoms with Gasteiger partial charge in [0.25, 0.3) is 11.8 Å². The number of carbonyl (C=O) groups is 3. The van der Waals surface area contributed by atoms with Crippen LogP contribution >= 0.6 is 15.9 Å². The molecule has 0 aromatic heterocycles. The second-order valence-corrected chi connectivity index (χ2v) is 8.33. The van der Waals surface area contributed by atoms with Crippen molar-refractivity contribution in [3.63, 3.8) is 0 Å². The standard InChI is InChI=1S/C23H22BrN3O5/c1-14-11-16(24)4-6-19(14)27-22(29)18(21(28)25-23(27)30)12-15-3-5-17(13-20(15)31-2)26-7-9-32-10-8-26/h3-6,11-13H,7-10H2,1-2H3,(H,25,28,30)/b18-12+. The van der Waals surface area contributed by atoms with Gasteiger partial charge in [-0.3, -0.25) is 14.9 Å². The van der Waals surface area contributed by atoms with Gasteiger partial charge in [-0.1, -0.05) is 15.9 Å². The third-order valence-electron chi connectivity index (χ3n) is 5.39. The molecule has 2 aliphatic rings. The number of nitrogens with one attached hydrogen (secondary N) is 1. The molecule has 9 heteroatoms. The first kappa shape index (κ1) is 22.0. The van der Waals surface area contributed by atoms with E-state index < -0.39 is 17.8 Å². The number of ether oxygens (including phenoxy) is 2. The molecule has 8 nitrogen and oxygen atoms in total. The highest BCUT2D eigenvalue weighted by Gasteiger charge is 2.37. The lowest BCUT2D eigenvalue weighted by Gasteiger charge is -2.29. The zero-order chi connectivity index (χ0) is 22.8. The third-order valence-corrected chi connectivity index (χ3v) is 5.89. The summed E-state index contributed by atoms with van der Waals surface area (Å²) in [5, 5.41) is 2.26. The van der Waals surface area contributed by atoms with Gasteiger partial charge in [0.05, 0.1) is 26.0 Å². The van der Waals surface area contributed by atoms with Crippen LogP contribution in [-0.4, -0.2) is 51.3 Å². The largest absolute Gasteiger partial charge is 0.496 e. The van der Waals surface area contributed by atoms with Crippen LogP contribution in [0, 0.1) is 6.92 Å². The summed E-state index contributed by atoms with van der Waals surface area (Å²) in [4.78, 5) is 41.4. The van der Waals surface area contributed by atoms with Crippen LogP contribution in [0.4, 0.5) is 16.2 Å². The molecule has 0 atom stereocenters. The smallest absolute Gasteiger partial charge is 0.335 e.